The molecule has 0 aliphatic carbocycles. The molecule has 25 heavy (non-hydrogen) atoms. The molecule has 0 saturated carbocycles. The molecule has 0 aliphatic heterocycles. The second kappa shape index (κ2) is 14.4. The standard InChI is InChI=1S/C18H37NO6/c1-3-4-5-6-7-8-9-10-11-16(23)19(2)12-14(21)17(24)18(25)15(22)13-20/h14-15,17-18,20-22,24-25H,3-13H2,1-2H3/t14-,15+,17+,18+/m0/s1. The molecule has 7 nitrogen and oxygen atoms in total. The predicted octanol–water partition coefficient (Wildman–Crippen LogP) is 0.411. The fourth-order valence-corrected chi connectivity index (χ4v) is 2.65. The van der Waals surface area contributed by atoms with Crippen LogP contribution in [-0.4, -0.2) is 81.0 Å². The Bertz CT molecular complexity index is 342. The summed E-state index contributed by atoms with van der Waals surface area (Å²) in [5, 5.41) is 47.2. The minimum atomic E-state index is -1.67. The largest absolute Gasteiger partial charge is 0.394 e. The highest BCUT2D eigenvalue weighted by atomic mass is 16.4. The highest BCUT2D eigenvalue weighted by molar-refractivity contribution is 5.75. The number of aliphatic hydroxyl groups excluding tert-OH is 5. The topological polar surface area (TPSA) is 121 Å². The van der Waals surface area contributed by atoms with Crippen molar-refractivity contribution in [3.05, 3.63) is 0 Å². The number of hydrogen-bond acceptors (Lipinski definition) is 6. The van der Waals surface area contributed by atoms with E-state index in [0.29, 0.717) is 6.42 Å². The number of nitrogens with zero attached hydrogens (tertiary/aromatic N) is 1. The normalized spacial score (nSPS) is 16.3. The molecule has 0 aromatic rings. The molecule has 0 aliphatic rings. The van der Waals surface area contributed by atoms with Crippen molar-refractivity contribution < 1.29 is 30.3 Å². The van der Waals surface area contributed by atoms with Gasteiger partial charge in [-0.15, -0.1) is 0 Å². The molecule has 0 radical (unpaired) electrons. The zero-order valence-electron chi connectivity index (χ0n) is 15.7. The van der Waals surface area contributed by atoms with Crippen molar-refractivity contribution in [2.75, 3.05) is 20.2 Å². The molecule has 0 heterocycles. The van der Waals surface area contributed by atoms with E-state index >= 15 is 0 Å². The fraction of sp³-hybridized carbons (Fsp3) is 0.944. The second-order valence-electron chi connectivity index (χ2n) is 6.80. The van der Waals surface area contributed by atoms with Crippen molar-refractivity contribution in [3.8, 4) is 0 Å². The third kappa shape index (κ3) is 10.8. The van der Waals surface area contributed by atoms with Gasteiger partial charge in [-0.05, 0) is 6.42 Å². The summed E-state index contributed by atoms with van der Waals surface area (Å²) in [5.74, 6) is -0.130. The summed E-state index contributed by atoms with van der Waals surface area (Å²) in [6.07, 6.45) is 3.27. The van der Waals surface area contributed by atoms with Gasteiger partial charge in [0, 0.05) is 20.0 Å². The third-order valence-electron chi connectivity index (χ3n) is 4.46. The van der Waals surface area contributed by atoms with Crippen molar-refractivity contribution in [1.82, 2.24) is 4.90 Å². The van der Waals surface area contributed by atoms with Gasteiger partial charge in [-0.25, -0.2) is 0 Å². The van der Waals surface area contributed by atoms with Gasteiger partial charge in [0.1, 0.15) is 24.4 Å². The van der Waals surface area contributed by atoms with Crippen molar-refractivity contribution in [2.45, 2.75) is 89.1 Å². The number of unbranched alkanes of at least 4 members (excludes halogenated alkanes) is 7. The Morgan fingerprint density at radius 1 is 0.840 bits per heavy atom. The summed E-state index contributed by atoms with van der Waals surface area (Å²) >= 11 is 0. The van der Waals surface area contributed by atoms with Crippen LogP contribution in [-0.2, 0) is 4.79 Å². The lowest BCUT2D eigenvalue weighted by molar-refractivity contribution is -0.138. The SMILES string of the molecule is CCCCCCCCCCC(=O)N(C)C[C@H](O)[C@@H](O)[C@H](O)[C@H](O)CO. The molecule has 1 amide bonds. The molecular formula is C18H37NO6. The average Bonchev–Trinajstić information content (AvgIpc) is 2.61. The van der Waals surface area contributed by atoms with Gasteiger partial charge in [-0.1, -0.05) is 51.9 Å². The molecule has 0 unspecified atom stereocenters. The van der Waals surface area contributed by atoms with Crippen LogP contribution in [0.15, 0.2) is 0 Å². The Morgan fingerprint density at radius 2 is 1.32 bits per heavy atom. The number of likely N-dealkylation sites (N-methyl/N-ethyl adjacent to an activating group) is 1. The smallest absolute Gasteiger partial charge is 0.222 e. The van der Waals surface area contributed by atoms with Crippen molar-refractivity contribution in [1.29, 1.82) is 0 Å². The fourth-order valence-electron chi connectivity index (χ4n) is 2.65. The van der Waals surface area contributed by atoms with Crippen LogP contribution in [0.1, 0.15) is 64.7 Å². The van der Waals surface area contributed by atoms with E-state index in [1.807, 2.05) is 0 Å². The van der Waals surface area contributed by atoms with E-state index in [9.17, 15) is 25.2 Å². The maximum Gasteiger partial charge on any atom is 0.222 e. The molecule has 0 bridgehead atoms. The number of hydrogen-bond donors (Lipinski definition) is 5. The van der Waals surface area contributed by atoms with Gasteiger partial charge in [-0.3, -0.25) is 4.79 Å². The van der Waals surface area contributed by atoms with Crippen LogP contribution in [0.2, 0.25) is 0 Å². The molecule has 0 saturated heterocycles. The maximum atomic E-state index is 12.0. The number of carbonyl (C=O) groups excluding carboxylic acids is 1. The molecule has 7 heteroatoms. The molecular weight excluding hydrogens is 326 g/mol. The zero-order chi connectivity index (χ0) is 19.2. The Hall–Kier alpha value is -0.730. The summed E-state index contributed by atoms with van der Waals surface area (Å²) in [5.41, 5.74) is 0. The second-order valence-corrected chi connectivity index (χ2v) is 6.80. The van der Waals surface area contributed by atoms with E-state index < -0.39 is 31.0 Å². The van der Waals surface area contributed by atoms with E-state index in [4.69, 9.17) is 5.11 Å². The van der Waals surface area contributed by atoms with Crippen LogP contribution in [0, 0.1) is 0 Å². The zero-order valence-corrected chi connectivity index (χ0v) is 15.7. The number of carbonyl (C=O) groups is 1. The number of amides is 1. The van der Waals surface area contributed by atoms with Gasteiger partial charge in [-0.2, -0.15) is 0 Å². The van der Waals surface area contributed by atoms with Gasteiger partial charge >= 0.3 is 0 Å². The first-order valence-corrected chi connectivity index (χ1v) is 9.42. The molecule has 150 valence electrons. The minimum absolute atomic E-state index is 0.130. The van der Waals surface area contributed by atoms with Crippen LogP contribution in [0.4, 0.5) is 0 Å². The number of aliphatic hydroxyl groups is 5. The Labute approximate surface area is 151 Å². The van der Waals surface area contributed by atoms with Gasteiger partial charge < -0.3 is 30.4 Å². The van der Waals surface area contributed by atoms with Crippen LogP contribution in [0.25, 0.3) is 0 Å². The van der Waals surface area contributed by atoms with Crippen LogP contribution in [0.5, 0.6) is 0 Å². The molecule has 0 aromatic heterocycles. The molecule has 0 rings (SSSR count). The molecule has 0 aromatic carbocycles. The van der Waals surface area contributed by atoms with Gasteiger partial charge in [0.25, 0.3) is 0 Å². The highest BCUT2D eigenvalue weighted by Crippen LogP contribution is 2.11. The van der Waals surface area contributed by atoms with Crippen LogP contribution >= 0.6 is 0 Å². The van der Waals surface area contributed by atoms with Crippen molar-refractivity contribution >= 4 is 5.91 Å². The van der Waals surface area contributed by atoms with E-state index in [0.717, 1.165) is 19.3 Å². The number of rotatable bonds is 15. The first-order valence-electron chi connectivity index (χ1n) is 9.42. The summed E-state index contributed by atoms with van der Waals surface area (Å²) in [7, 11) is 1.53. The van der Waals surface area contributed by atoms with Gasteiger partial charge in [0.05, 0.1) is 6.61 Å². The van der Waals surface area contributed by atoms with E-state index in [1.54, 1.807) is 0 Å². The third-order valence-corrected chi connectivity index (χ3v) is 4.46. The monoisotopic (exact) mass is 363 g/mol. The van der Waals surface area contributed by atoms with Gasteiger partial charge in [0.2, 0.25) is 5.91 Å². The summed E-state index contributed by atoms with van der Waals surface area (Å²) < 4.78 is 0. The van der Waals surface area contributed by atoms with Crippen molar-refractivity contribution in [2.24, 2.45) is 0 Å². The Kier molecular flexibility index (Phi) is 14.0. The first-order chi connectivity index (χ1) is 11.8. The minimum Gasteiger partial charge on any atom is -0.394 e. The lowest BCUT2D eigenvalue weighted by Gasteiger charge is -2.28. The predicted molar refractivity (Wildman–Crippen MR) is 96.0 cm³/mol. The lowest BCUT2D eigenvalue weighted by atomic mass is 10.0. The van der Waals surface area contributed by atoms with E-state index in [-0.39, 0.29) is 12.5 Å². The average molecular weight is 363 g/mol. The van der Waals surface area contributed by atoms with E-state index in [1.165, 1.54) is 44.1 Å². The quantitative estimate of drug-likeness (QED) is 0.269. The molecule has 0 spiro atoms. The first kappa shape index (κ1) is 24.3. The lowest BCUT2D eigenvalue weighted by Crippen LogP contribution is -2.49. The van der Waals surface area contributed by atoms with Crippen molar-refractivity contribution in [3.63, 3.8) is 0 Å². The summed E-state index contributed by atoms with van der Waals surface area (Å²) in [6.45, 7) is 1.32. The summed E-state index contributed by atoms with van der Waals surface area (Å²) in [6, 6.07) is 0. The highest BCUT2D eigenvalue weighted by Gasteiger charge is 2.31. The summed E-state index contributed by atoms with van der Waals surface area (Å²) in [4.78, 5) is 13.3. The molecule has 4 atom stereocenters. The Balaban J connectivity index is 3.93. The molecule has 0 fully saturated rings. The van der Waals surface area contributed by atoms with Crippen LogP contribution < -0.4 is 0 Å². The Morgan fingerprint density at radius 3 is 1.84 bits per heavy atom. The van der Waals surface area contributed by atoms with E-state index in [2.05, 4.69) is 6.92 Å². The van der Waals surface area contributed by atoms with Crippen LogP contribution in [0.3, 0.4) is 0 Å². The molecule has 5 N–H and O–H groups in total. The van der Waals surface area contributed by atoms with Gasteiger partial charge in [0.15, 0.2) is 0 Å². The maximum absolute atomic E-state index is 12.0.